The van der Waals surface area contributed by atoms with E-state index in [1.54, 1.807) is 11.0 Å². The maximum Gasteiger partial charge on any atom is 0.239 e. The molecule has 2 rings (SSSR count). The lowest BCUT2D eigenvalue weighted by Gasteiger charge is -2.22. The van der Waals surface area contributed by atoms with E-state index in [9.17, 15) is 9.18 Å². The third-order valence-electron chi connectivity index (χ3n) is 3.20. The molecule has 0 radical (unpaired) electrons. The van der Waals surface area contributed by atoms with Gasteiger partial charge in [-0.05, 0) is 43.7 Å². The van der Waals surface area contributed by atoms with E-state index in [0.29, 0.717) is 18.7 Å². The highest BCUT2D eigenvalue weighted by Gasteiger charge is 2.23. The molecule has 1 amide bonds. The molecule has 1 atom stereocenters. The Balaban J connectivity index is 2.18. The number of carbonyl (C=O) groups is 1. The molecule has 4 nitrogen and oxygen atoms in total. The van der Waals surface area contributed by atoms with Crippen molar-refractivity contribution in [3.05, 3.63) is 35.1 Å². The number of nitrogens with one attached hydrogen (secondary N) is 1. The maximum absolute atomic E-state index is 13.4. The van der Waals surface area contributed by atoms with Crippen molar-refractivity contribution in [2.75, 3.05) is 13.1 Å². The summed E-state index contributed by atoms with van der Waals surface area (Å²) >= 11 is 0. The topological polar surface area (TPSA) is 56.1 Å². The summed E-state index contributed by atoms with van der Waals surface area (Å²) in [6.45, 7) is 3.62. The van der Waals surface area contributed by atoms with Crippen molar-refractivity contribution >= 4 is 5.91 Å². The molecule has 1 aliphatic rings. The van der Waals surface area contributed by atoms with Crippen LogP contribution in [0.25, 0.3) is 0 Å². The summed E-state index contributed by atoms with van der Waals surface area (Å²) in [5.41, 5.74) is 0.933. The Morgan fingerprint density at radius 2 is 2.32 bits per heavy atom. The molecule has 1 unspecified atom stereocenters. The van der Waals surface area contributed by atoms with Crippen LogP contribution in [0, 0.1) is 17.1 Å². The zero-order chi connectivity index (χ0) is 13.8. The van der Waals surface area contributed by atoms with Gasteiger partial charge in [-0.1, -0.05) is 0 Å². The molecule has 1 aromatic rings. The van der Waals surface area contributed by atoms with E-state index >= 15 is 0 Å². The van der Waals surface area contributed by atoms with Crippen molar-refractivity contribution in [3.8, 4) is 6.07 Å². The molecule has 1 saturated heterocycles. The zero-order valence-electron chi connectivity index (χ0n) is 10.8. The van der Waals surface area contributed by atoms with Crippen LogP contribution in [0.1, 0.15) is 24.5 Å². The monoisotopic (exact) mass is 261 g/mol. The Hall–Kier alpha value is -1.93. The molecule has 1 aliphatic heterocycles. The first kappa shape index (κ1) is 13.5. The van der Waals surface area contributed by atoms with Gasteiger partial charge < -0.3 is 10.2 Å². The molecular formula is C14H16FN3O. The average molecular weight is 261 g/mol. The van der Waals surface area contributed by atoms with Crippen molar-refractivity contribution in [1.82, 2.24) is 10.2 Å². The summed E-state index contributed by atoms with van der Waals surface area (Å²) in [7, 11) is 0. The number of hydrogen-bond acceptors (Lipinski definition) is 3. The lowest BCUT2D eigenvalue weighted by molar-refractivity contribution is -0.132. The predicted molar refractivity (Wildman–Crippen MR) is 68.6 cm³/mol. The molecule has 0 saturated carbocycles. The standard InChI is InChI=1S/C14H16FN3O/c1-10-14(19)18(4-2-3-17-10)9-12-5-11(8-16)6-13(15)7-12/h5-7,10,17H,2-4,9H2,1H3. The van der Waals surface area contributed by atoms with Crippen molar-refractivity contribution in [3.63, 3.8) is 0 Å². The van der Waals surface area contributed by atoms with Crippen LogP contribution in [0.2, 0.25) is 0 Å². The predicted octanol–water partition coefficient (Wildman–Crippen LogP) is 1.41. The number of hydrogen-bond donors (Lipinski definition) is 1. The van der Waals surface area contributed by atoms with E-state index < -0.39 is 5.82 Å². The lowest BCUT2D eigenvalue weighted by atomic mass is 10.1. The van der Waals surface area contributed by atoms with Crippen LogP contribution in [0.5, 0.6) is 0 Å². The van der Waals surface area contributed by atoms with Gasteiger partial charge in [-0.15, -0.1) is 0 Å². The number of halogens is 1. The van der Waals surface area contributed by atoms with Gasteiger partial charge in [0.1, 0.15) is 5.82 Å². The van der Waals surface area contributed by atoms with E-state index in [-0.39, 0.29) is 17.5 Å². The fourth-order valence-electron chi connectivity index (χ4n) is 2.24. The molecule has 100 valence electrons. The van der Waals surface area contributed by atoms with Gasteiger partial charge in [0, 0.05) is 13.1 Å². The normalized spacial score (nSPS) is 19.9. The average Bonchev–Trinajstić information content (AvgIpc) is 2.54. The number of nitrogens with zero attached hydrogens (tertiary/aromatic N) is 2. The van der Waals surface area contributed by atoms with Crippen LogP contribution < -0.4 is 5.32 Å². The van der Waals surface area contributed by atoms with Crippen molar-refractivity contribution in [2.45, 2.75) is 25.9 Å². The van der Waals surface area contributed by atoms with Crippen LogP contribution in [-0.4, -0.2) is 29.9 Å². The molecule has 0 aromatic heterocycles. The molecule has 1 aromatic carbocycles. The van der Waals surface area contributed by atoms with E-state index in [4.69, 9.17) is 5.26 Å². The molecule has 1 fully saturated rings. The van der Waals surface area contributed by atoms with E-state index in [0.717, 1.165) is 13.0 Å². The largest absolute Gasteiger partial charge is 0.337 e. The number of nitriles is 1. The van der Waals surface area contributed by atoms with E-state index in [2.05, 4.69) is 5.32 Å². The minimum Gasteiger partial charge on any atom is -0.337 e. The quantitative estimate of drug-likeness (QED) is 0.875. The number of amides is 1. The Labute approximate surface area is 111 Å². The van der Waals surface area contributed by atoms with Gasteiger partial charge >= 0.3 is 0 Å². The van der Waals surface area contributed by atoms with Gasteiger partial charge in [-0.25, -0.2) is 4.39 Å². The highest BCUT2D eigenvalue weighted by Crippen LogP contribution is 2.13. The highest BCUT2D eigenvalue weighted by molar-refractivity contribution is 5.81. The summed E-state index contributed by atoms with van der Waals surface area (Å²) in [5, 5.41) is 12.0. The number of carbonyl (C=O) groups excluding carboxylic acids is 1. The highest BCUT2D eigenvalue weighted by atomic mass is 19.1. The van der Waals surface area contributed by atoms with E-state index in [1.165, 1.54) is 12.1 Å². The second-order valence-electron chi connectivity index (χ2n) is 4.75. The Bertz CT molecular complexity index is 524. The summed E-state index contributed by atoms with van der Waals surface area (Å²) in [4.78, 5) is 13.8. The lowest BCUT2D eigenvalue weighted by Crippen LogP contribution is -2.41. The molecule has 1 heterocycles. The molecule has 0 aliphatic carbocycles. The van der Waals surface area contributed by atoms with Crippen molar-refractivity contribution in [2.24, 2.45) is 0 Å². The van der Waals surface area contributed by atoms with Crippen LogP contribution in [0.4, 0.5) is 4.39 Å². The first-order valence-corrected chi connectivity index (χ1v) is 6.32. The third-order valence-corrected chi connectivity index (χ3v) is 3.20. The Kier molecular flexibility index (Phi) is 4.13. The summed E-state index contributed by atoms with van der Waals surface area (Å²) in [5.74, 6) is -0.428. The van der Waals surface area contributed by atoms with Crippen LogP contribution in [0.3, 0.4) is 0 Å². The van der Waals surface area contributed by atoms with E-state index in [1.807, 2.05) is 13.0 Å². The third kappa shape index (κ3) is 3.30. The molecule has 0 bridgehead atoms. The fraction of sp³-hybridized carbons (Fsp3) is 0.429. The maximum atomic E-state index is 13.4. The minimum atomic E-state index is -0.442. The van der Waals surface area contributed by atoms with Gasteiger partial charge in [0.2, 0.25) is 5.91 Å². The molecule has 19 heavy (non-hydrogen) atoms. The fourth-order valence-corrected chi connectivity index (χ4v) is 2.24. The summed E-state index contributed by atoms with van der Waals surface area (Å²) in [6, 6.07) is 5.89. The second-order valence-corrected chi connectivity index (χ2v) is 4.75. The first-order valence-electron chi connectivity index (χ1n) is 6.32. The van der Waals surface area contributed by atoms with Crippen molar-refractivity contribution in [1.29, 1.82) is 5.26 Å². The van der Waals surface area contributed by atoms with Crippen LogP contribution in [0.15, 0.2) is 18.2 Å². The molecular weight excluding hydrogens is 245 g/mol. The van der Waals surface area contributed by atoms with Gasteiger partial charge in [-0.2, -0.15) is 5.26 Å². The van der Waals surface area contributed by atoms with Gasteiger partial charge in [0.05, 0.1) is 17.7 Å². The Morgan fingerprint density at radius 1 is 1.53 bits per heavy atom. The van der Waals surface area contributed by atoms with Crippen LogP contribution >= 0.6 is 0 Å². The molecule has 1 N–H and O–H groups in total. The molecule has 0 spiro atoms. The smallest absolute Gasteiger partial charge is 0.239 e. The number of benzene rings is 1. The first-order chi connectivity index (χ1) is 9.10. The Morgan fingerprint density at radius 3 is 3.05 bits per heavy atom. The van der Waals surface area contributed by atoms with Gasteiger partial charge in [0.15, 0.2) is 0 Å². The van der Waals surface area contributed by atoms with Crippen molar-refractivity contribution < 1.29 is 9.18 Å². The van der Waals surface area contributed by atoms with Crippen LogP contribution in [-0.2, 0) is 11.3 Å². The summed E-state index contributed by atoms with van der Waals surface area (Å²) in [6.07, 6.45) is 0.872. The summed E-state index contributed by atoms with van der Waals surface area (Å²) < 4.78 is 13.4. The number of rotatable bonds is 2. The SMILES string of the molecule is CC1NCCCN(Cc2cc(F)cc(C#N)c2)C1=O. The van der Waals surface area contributed by atoms with Gasteiger partial charge in [0.25, 0.3) is 0 Å². The van der Waals surface area contributed by atoms with Gasteiger partial charge in [-0.3, -0.25) is 4.79 Å². The minimum absolute atomic E-state index is 0.0141. The zero-order valence-corrected chi connectivity index (χ0v) is 10.8. The second kappa shape index (κ2) is 5.81. The molecule has 5 heteroatoms.